The van der Waals surface area contributed by atoms with Crippen LogP contribution in [-0.4, -0.2) is 15.2 Å². The Balaban J connectivity index is 1.65. The average molecular weight is 596 g/mol. The van der Waals surface area contributed by atoms with Crippen LogP contribution in [0.15, 0.2) is 140 Å². The summed E-state index contributed by atoms with van der Waals surface area (Å²) >= 11 is 0. The van der Waals surface area contributed by atoms with E-state index < -0.39 is 30.7 Å². The van der Waals surface area contributed by atoms with E-state index in [1.165, 1.54) is 6.07 Å². The molecule has 0 saturated carbocycles. The van der Waals surface area contributed by atoms with Gasteiger partial charge in [0.1, 0.15) is 17.2 Å². The monoisotopic (exact) mass is 595 g/mol. The van der Waals surface area contributed by atoms with Crippen LogP contribution in [0.1, 0.15) is 32.6 Å². The highest BCUT2D eigenvalue weighted by Crippen LogP contribution is 2.53. The zero-order chi connectivity index (χ0) is 30.1. The van der Waals surface area contributed by atoms with Crippen molar-refractivity contribution in [2.24, 2.45) is 0 Å². The van der Waals surface area contributed by atoms with E-state index in [-0.39, 0.29) is 26.2 Å². The minimum Gasteiger partial charge on any atom is -0.278 e. The highest BCUT2D eigenvalue weighted by molar-refractivity contribution is 7.57. The molecular formula is C35H32F2N3O2P. The molecule has 43 heavy (non-hydrogen) atoms. The number of benzene rings is 5. The second-order valence-corrected chi connectivity index (χ2v) is 12.6. The molecule has 8 heteroatoms. The quantitative estimate of drug-likeness (QED) is 0.148. The van der Waals surface area contributed by atoms with Gasteiger partial charge in [0, 0.05) is 26.2 Å². The normalized spacial score (nSPS) is 11.5. The van der Waals surface area contributed by atoms with E-state index in [0.29, 0.717) is 0 Å². The molecule has 5 rings (SSSR count). The molecule has 0 aliphatic heterocycles. The van der Waals surface area contributed by atoms with Crippen molar-refractivity contribution in [1.82, 2.24) is 14.4 Å². The Morgan fingerprint density at radius 1 is 0.512 bits per heavy atom. The molecule has 0 bridgehead atoms. The fourth-order valence-electron chi connectivity index (χ4n) is 4.90. The van der Waals surface area contributed by atoms with E-state index in [0.717, 1.165) is 34.4 Å². The summed E-state index contributed by atoms with van der Waals surface area (Å²) < 4.78 is 48.8. The van der Waals surface area contributed by atoms with Crippen molar-refractivity contribution in [3.05, 3.63) is 179 Å². The Morgan fingerprint density at radius 3 is 1.12 bits per heavy atom. The van der Waals surface area contributed by atoms with Gasteiger partial charge in [-0.15, -0.1) is 0 Å². The lowest BCUT2D eigenvalue weighted by atomic mass is 10.2. The largest absolute Gasteiger partial charge is 0.312 e. The molecule has 5 nitrogen and oxygen atoms in total. The second-order valence-electron chi connectivity index (χ2n) is 10.2. The van der Waals surface area contributed by atoms with Crippen LogP contribution in [-0.2, 0) is 30.7 Å². The fourth-order valence-corrected chi connectivity index (χ4v) is 7.33. The minimum atomic E-state index is -4.13. The van der Waals surface area contributed by atoms with Crippen LogP contribution in [0.25, 0.3) is 0 Å². The summed E-state index contributed by atoms with van der Waals surface area (Å²) in [6.07, 6.45) is 0. The van der Waals surface area contributed by atoms with E-state index in [1.807, 2.05) is 121 Å². The molecule has 0 unspecified atom stereocenters. The van der Waals surface area contributed by atoms with Crippen molar-refractivity contribution < 1.29 is 18.1 Å². The molecule has 0 fully saturated rings. The van der Waals surface area contributed by atoms with E-state index in [4.69, 9.17) is 0 Å². The smallest absolute Gasteiger partial charge is 0.278 e. The Bertz CT molecular complexity index is 1480. The lowest BCUT2D eigenvalue weighted by Crippen LogP contribution is -2.40. The van der Waals surface area contributed by atoms with Gasteiger partial charge >= 0.3 is 7.59 Å². The molecule has 1 N–H and O–H groups in total. The van der Waals surface area contributed by atoms with Gasteiger partial charge in [0.2, 0.25) is 0 Å². The number of carbonyl (C=O) groups is 1. The van der Waals surface area contributed by atoms with Crippen molar-refractivity contribution >= 4 is 13.5 Å². The second kappa shape index (κ2) is 14.2. The van der Waals surface area contributed by atoms with Gasteiger partial charge in [0.25, 0.3) is 5.91 Å². The third kappa shape index (κ3) is 7.70. The van der Waals surface area contributed by atoms with Crippen LogP contribution in [0.2, 0.25) is 0 Å². The third-order valence-electron chi connectivity index (χ3n) is 7.04. The summed E-state index contributed by atoms with van der Waals surface area (Å²) in [5.41, 5.74) is 2.68. The Morgan fingerprint density at radius 2 is 0.814 bits per heavy atom. The maximum Gasteiger partial charge on any atom is 0.312 e. The highest BCUT2D eigenvalue weighted by atomic mass is 31.2. The summed E-state index contributed by atoms with van der Waals surface area (Å²) in [5, 5.41) is 2.66. The van der Waals surface area contributed by atoms with Gasteiger partial charge in [0.05, 0.1) is 0 Å². The first-order valence-electron chi connectivity index (χ1n) is 14.0. The van der Waals surface area contributed by atoms with E-state index in [2.05, 4.69) is 5.09 Å². The molecule has 0 aromatic heterocycles. The van der Waals surface area contributed by atoms with Crippen LogP contribution >= 0.6 is 7.59 Å². The van der Waals surface area contributed by atoms with Crippen molar-refractivity contribution in [2.75, 3.05) is 0 Å². The highest BCUT2D eigenvalue weighted by Gasteiger charge is 2.40. The molecular weight excluding hydrogens is 563 g/mol. The van der Waals surface area contributed by atoms with Crippen LogP contribution in [0.5, 0.6) is 0 Å². The number of hydrogen-bond acceptors (Lipinski definition) is 2. The van der Waals surface area contributed by atoms with Gasteiger partial charge in [-0.3, -0.25) is 14.4 Å². The van der Waals surface area contributed by atoms with Crippen molar-refractivity contribution in [1.29, 1.82) is 0 Å². The standard InChI is InChI=1S/C35H32F2N3O2P/c36-32-22-13-23-33(37)34(32)35(41)38-43(42,39(24-28-14-5-1-6-15-28)25-29-16-7-2-8-17-29)40(26-30-18-9-3-10-19-30)27-31-20-11-4-12-21-31/h1-23H,24-27H2,(H,38,41,42). The van der Waals surface area contributed by atoms with E-state index in [1.54, 1.807) is 9.34 Å². The summed E-state index contributed by atoms with van der Waals surface area (Å²) in [6, 6.07) is 41.2. The Hall–Kier alpha value is -4.42. The van der Waals surface area contributed by atoms with E-state index >= 15 is 4.57 Å². The first-order chi connectivity index (χ1) is 20.9. The zero-order valence-electron chi connectivity index (χ0n) is 23.5. The molecule has 0 spiro atoms. The van der Waals surface area contributed by atoms with Crippen LogP contribution < -0.4 is 5.09 Å². The summed E-state index contributed by atoms with van der Waals surface area (Å²) in [6.45, 7) is 0.806. The molecule has 0 aliphatic rings. The zero-order valence-corrected chi connectivity index (χ0v) is 24.4. The predicted molar refractivity (Wildman–Crippen MR) is 166 cm³/mol. The number of rotatable bonds is 12. The molecule has 5 aromatic rings. The SMILES string of the molecule is O=C(NP(=O)(N(Cc1ccccc1)Cc1ccccc1)N(Cc1ccccc1)Cc1ccccc1)c1c(F)cccc1F. The Kier molecular flexibility index (Phi) is 9.90. The number of nitrogens with zero attached hydrogens (tertiary/aromatic N) is 2. The first-order valence-corrected chi connectivity index (χ1v) is 15.6. The maximum atomic E-state index is 15.7. The summed E-state index contributed by atoms with van der Waals surface area (Å²) in [5.74, 6) is -3.14. The maximum absolute atomic E-state index is 15.7. The topological polar surface area (TPSA) is 52.7 Å². The van der Waals surface area contributed by atoms with Crippen molar-refractivity contribution in [2.45, 2.75) is 26.2 Å². The average Bonchev–Trinajstić information content (AvgIpc) is 3.02. The lowest BCUT2D eigenvalue weighted by Gasteiger charge is -2.39. The van der Waals surface area contributed by atoms with Gasteiger partial charge in [-0.2, -0.15) is 0 Å². The molecule has 1 amide bonds. The number of hydrogen-bond donors (Lipinski definition) is 1. The molecule has 0 saturated heterocycles. The third-order valence-corrected chi connectivity index (χ3v) is 9.63. The van der Waals surface area contributed by atoms with Crippen molar-refractivity contribution in [3.63, 3.8) is 0 Å². The number of carbonyl (C=O) groups excluding carboxylic acids is 1. The summed E-state index contributed by atoms with van der Waals surface area (Å²) in [7, 11) is -4.13. The minimum absolute atomic E-state index is 0.202. The molecule has 218 valence electrons. The summed E-state index contributed by atoms with van der Waals surface area (Å²) in [4.78, 5) is 13.7. The van der Waals surface area contributed by atoms with Gasteiger partial charge in [-0.1, -0.05) is 127 Å². The fraction of sp³-hybridized carbons (Fsp3) is 0.114. The van der Waals surface area contributed by atoms with Gasteiger partial charge < -0.3 is 0 Å². The molecule has 0 atom stereocenters. The molecule has 0 aliphatic carbocycles. The number of amides is 1. The van der Waals surface area contributed by atoms with Crippen LogP contribution in [0.4, 0.5) is 8.78 Å². The predicted octanol–water partition coefficient (Wildman–Crippen LogP) is 8.21. The molecule has 0 heterocycles. The van der Waals surface area contributed by atoms with Gasteiger partial charge in [-0.25, -0.2) is 18.1 Å². The van der Waals surface area contributed by atoms with Crippen LogP contribution in [0, 0.1) is 11.6 Å². The molecule has 0 radical (unpaired) electrons. The molecule has 5 aromatic carbocycles. The van der Waals surface area contributed by atoms with Crippen LogP contribution in [0.3, 0.4) is 0 Å². The number of halogens is 2. The lowest BCUT2D eigenvalue weighted by molar-refractivity contribution is 0.0964. The van der Waals surface area contributed by atoms with Gasteiger partial charge in [-0.05, 0) is 34.4 Å². The Labute approximate surface area is 251 Å². The van der Waals surface area contributed by atoms with Crippen molar-refractivity contribution in [3.8, 4) is 0 Å². The van der Waals surface area contributed by atoms with E-state index in [9.17, 15) is 13.6 Å². The first kappa shape index (κ1) is 30.1. The van der Waals surface area contributed by atoms with Gasteiger partial charge in [0.15, 0.2) is 0 Å². The number of nitrogens with one attached hydrogen (secondary N) is 1.